The summed E-state index contributed by atoms with van der Waals surface area (Å²) in [7, 11) is 0. The van der Waals surface area contributed by atoms with Crippen LogP contribution in [0.1, 0.15) is 11.1 Å². The van der Waals surface area contributed by atoms with Gasteiger partial charge in [-0.25, -0.2) is 0 Å². The summed E-state index contributed by atoms with van der Waals surface area (Å²) in [6, 6.07) is 16.0. The summed E-state index contributed by atoms with van der Waals surface area (Å²) >= 11 is 1.68. The lowest BCUT2D eigenvalue weighted by atomic mass is 10.1. The smallest absolute Gasteiger partial charge is 0.133 e. The van der Waals surface area contributed by atoms with Crippen LogP contribution in [0.5, 0.6) is 5.75 Å². The third kappa shape index (κ3) is 3.80. The SMILES string of the molecule is CSc1ccccc1OCc1ccccc1C#CCN. The van der Waals surface area contributed by atoms with Gasteiger partial charge in [0, 0.05) is 16.0 Å². The van der Waals surface area contributed by atoms with Crippen molar-refractivity contribution >= 4 is 11.8 Å². The van der Waals surface area contributed by atoms with Crippen molar-refractivity contribution in [3.63, 3.8) is 0 Å². The molecule has 2 nitrogen and oxygen atoms in total. The average molecular weight is 283 g/mol. The first-order valence-electron chi connectivity index (χ1n) is 6.38. The van der Waals surface area contributed by atoms with Crippen LogP contribution in [-0.2, 0) is 6.61 Å². The summed E-state index contributed by atoms with van der Waals surface area (Å²) in [4.78, 5) is 1.14. The molecule has 0 aliphatic heterocycles. The largest absolute Gasteiger partial charge is 0.488 e. The fourth-order valence-electron chi connectivity index (χ4n) is 1.81. The third-order valence-electron chi connectivity index (χ3n) is 2.79. The lowest BCUT2D eigenvalue weighted by molar-refractivity contribution is 0.298. The van der Waals surface area contributed by atoms with E-state index in [4.69, 9.17) is 10.5 Å². The third-order valence-corrected chi connectivity index (χ3v) is 3.57. The van der Waals surface area contributed by atoms with Gasteiger partial charge in [0.1, 0.15) is 12.4 Å². The Balaban J connectivity index is 2.15. The number of thioether (sulfide) groups is 1. The van der Waals surface area contributed by atoms with Gasteiger partial charge >= 0.3 is 0 Å². The first-order valence-corrected chi connectivity index (χ1v) is 7.60. The fourth-order valence-corrected chi connectivity index (χ4v) is 2.35. The van der Waals surface area contributed by atoms with Crippen molar-refractivity contribution in [1.29, 1.82) is 0 Å². The van der Waals surface area contributed by atoms with Gasteiger partial charge in [0.05, 0.1) is 6.54 Å². The van der Waals surface area contributed by atoms with Crippen molar-refractivity contribution in [2.45, 2.75) is 11.5 Å². The van der Waals surface area contributed by atoms with E-state index in [1.165, 1.54) is 0 Å². The Labute approximate surface area is 124 Å². The molecule has 0 saturated heterocycles. The molecule has 0 bridgehead atoms. The highest BCUT2D eigenvalue weighted by atomic mass is 32.2. The topological polar surface area (TPSA) is 35.2 Å². The van der Waals surface area contributed by atoms with Crippen LogP contribution < -0.4 is 10.5 Å². The van der Waals surface area contributed by atoms with Gasteiger partial charge in [0.15, 0.2) is 0 Å². The second-order valence-electron chi connectivity index (χ2n) is 4.10. The molecule has 0 amide bonds. The predicted octanol–water partition coefficient (Wildman–Crippen LogP) is 3.30. The van der Waals surface area contributed by atoms with Gasteiger partial charge in [0.25, 0.3) is 0 Å². The fraction of sp³-hybridized carbons (Fsp3) is 0.176. The van der Waals surface area contributed by atoms with Crippen LogP contribution in [0.25, 0.3) is 0 Å². The number of hydrogen-bond donors (Lipinski definition) is 1. The molecule has 2 N–H and O–H groups in total. The zero-order valence-electron chi connectivity index (χ0n) is 11.4. The molecule has 0 heterocycles. The molecule has 102 valence electrons. The molecule has 0 aliphatic carbocycles. The van der Waals surface area contributed by atoms with Crippen molar-refractivity contribution in [2.75, 3.05) is 12.8 Å². The van der Waals surface area contributed by atoms with Gasteiger partial charge in [-0.3, -0.25) is 0 Å². The number of hydrogen-bond acceptors (Lipinski definition) is 3. The zero-order valence-corrected chi connectivity index (χ0v) is 12.2. The van der Waals surface area contributed by atoms with Crippen LogP contribution >= 0.6 is 11.8 Å². The quantitative estimate of drug-likeness (QED) is 0.691. The van der Waals surface area contributed by atoms with Crippen molar-refractivity contribution in [1.82, 2.24) is 0 Å². The van der Waals surface area contributed by atoms with Crippen LogP contribution in [0.4, 0.5) is 0 Å². The van der Waals surface area contributed by atoms with Crippen LogP contribution in [0.3, 0.4) is 0 Å². The van der Waals surface area contributed by atoms with E-state index >= 15 is 0 Å². The summed E-state index contributed by atoms with van der Waals surface area (Å²) in [5.74, 6) is 6.87. The van der Waals surface area contributed by atoms with Gasteiger partial charge in [-0.15, -0.1) is 11.8 Å². The maximum Gasteiger partial charge on any atom is 0.133 e. The van der Waals surface area contributed by atoms with Gasteiger partial charge in [-0.2, -0.15) is 0 Å². The van der Waals surface area contributed by atoms with Gasteiger partial charge in [-0.1, -0.05) is 42.2 Å². The monoisotopic (exact) mass is 283 g/mol. The molecule has 0 spiro atoms. The molecule has 0 aromatic heterocycles. The summed E-state index contributed by atoms with van der Waals surface area (Å²) in [5, 5.41) is 0. The lowest BCUT2D eigenvalue weighted by Crippen LogP contribution is -1.99. The number of ether oxygens (including phenoxy) is 1. The summed E-state index contributed by atoms with van der Waals surface area (Å²) in [5.41, 5.74) is 7.47. The van der Waals surface area contributed by atoms with Crippen LogP contribution in [-0.4, -0.2) is 12.8 Å². The predicted molar refractivity (Wildman–Crippen MR) is 84.9 cm³/mol. The minimum Gasteiger partial charge on any atom is -0.488 e. The number of benzene rings is 2. The molecule has 0 radical (unpaired) electrons. The van der Waals surface area contributed by atoms with Crippen LogP contribution in [0, 0.1) is 11.8 Å². The van der Waals surface area contributed by atoms with Crippen molar-refractivity contribution in [3.05, 3.63) is 59.7 Å². The van der Waals surface area contributed by atoms with Crippen molar-refractivity contribution in [3.8, 4) is 17.6 Å². The molecule has 2 aromatic rings. The molecule has 0 saturated carbocycles. The Hall–Kier alpha value is -1.89. The van der Waals surface area contributed by atoms with Gasteiger partial charge in [-0.05, 0) is 24.5 Å². The highest BCUT2D eigenvalue weighted by molar-refractivity contribution is 7.98. The summed E-state index contributed by atoms with van der Waals surface area (Å²) in [6.07, 6.45) is 2.04. The molecular formula is C17H17NOS. The Kier molecular flexibility index (Phi) is 5.55. The average Bonchev–Trinajstić information content (AvgIpc) is 2.52. The second-order valence-corrected chi connectivity index (χ2v) is 4.95. The highest BCUT2D eigenvalue weighted by Gasteiger charge is 2.04. The van der Waals surface area contributed by atoms with Crippen LogP contribution in [0.2, 0.25) is 0 Å². The van der Waals surface area contributed by atoms with Crippen molar-refractivity contribution in [2.24, 2.45) is 5.73 Å². The minimum absolute atomic E-state index is 0.366. The first-order chi connectivity index (χ1) is 9.85. The summed E-state index contributed by atoms with van der Waals surface area (Å²) < 4.78 is 5.91. The lowest BCUT2D eigenvalue weighted by Gasteiger charge is -2.11. The van der Waals surface area contributed by atoms with E-state index < -0.39 is 0 Å². The Morgan fingerprint density at radius 3 is 2.65 bits per heavy atom. The van der Waals surface area contributed by atoms with E-state index in [1.807, 2.05) is 48.7 Å². The maximum absolute atomic E-state index is 5.91. The Bertz CT molecular complexity index is 628. The number of nitrogens with two attached hydrogens (primary N) is 1. The van der Waals surface area contributed by atoms with E-state index in [0.717, 1.165) is 21.8 Å². The standard InChI is InChI=1S/C17H17NOS/c1-20-17-11-5-4-10-16(17)19-13-15-8-3-2-7-14(15)9-6-12-18/h2-5,7-8,10-11H,12-13,18H2,1H3. The molecule has 20 heavy (non-hydrogen) atoms. The summed E-state index contributed by atoms with van der Waals surface area (Å²) in [6.45, 7) is 0.873. The normalized spacial score (nSPS) is 9.70. The van der Waals surface area contributed by atoms with E-state index in [9.17, 15) is 0 Å². The Morgan fingerprint density at radius 1 is 1.10 bits per heavy atom. The van der Waals surface area contributed by atoms with E-state index in [0.29, 0.717) is 13.2 Å². The Morgan fingerprint density at radius 2 is 1.85 bits per heavy atom. The second kappa shape index (κ2) is 7.64. The first kappa shape index (κ1) is 14.5. The zero-order chi connectivity index (χ0) is 14.2. The maximum atomic E-state index is 5.91. The molecule has 3 heteroatoms. The molecule has 2 aromatic carbocycles. The molecule has 0 aliphatic rings. The minimum atomic E-state index is 0.366. The molecule has 0 atom stereocenters. The molecule has 2 rings (SSSR count). The van der Waals surface area contributed by atoms with E-state index in [2.05, 4.69) is 17.9 Å². The van der Waals surface area contributed by atoms with Gasteiger partial charge < -0.3 is 10.5 Å². The number of para-hydroxylation sites is 1. The number of rotatable bonds is 4. The molecular weight excluding hydrogens is 266 g/mol. The highest BCUT2D eigenvalue weighted by Crippen LogP contribution is 2.27. The van der Waals surface area contributed by atoms with Gasteiger partial charge in [0.2, 0.25) is 0 Å². The molecule has 0 fully saturated rings. The van der Waals surface area contributed by atoms with E-state index in [1.54, 1.807) is 11.8 Å². The van der Waals surface area contributed by atoms with E-state index in [-0.39, 0.29) is 0 Å². The van der Waals surface area contributed by atoms with Crippen LogP contribution in [0.15, 0.2) is 53.4 Å². The molecule has 0 unspecified atom stereocenters. The van der Waals surface area contributed by atoms with Crippen molar-refractivity contribution < 1.29 is 4.74 Å².